The average molecular weight is 492 g/mol. The first kappa shape index (κ1) is 23.0. The first-order valence-corrected chi connectivity index (χ1v) is 11.7. The number of ether oxygens (including phenoxy) is 4. The van der Waals surface area contributed by atoms with E-state index in [4.69, 9.17) is 18.9 Å². The molecule has 36 heavy (non-hydrogen) atoms. The second-order valence-electron chi connectivity index (χ2n) is 9.19. The van der Waals surface area contributed by atoms with E-state index < -0.39 is 35.3 Å². The smallest absolute Gasteiger partial charge is 0.351 e. The second-order valence-corrected chi connectivity index (χ2v) is 9.19. The summed E-state index contributed by atoms with van der Waals surface area (Å²) >= 11 is 0. The number of rotatable bonds is 7. The van der Waals surface area contributed by atoms with Crippen molar-refractivity contribution in [2.45, 2.75) is 36.7 Å². The summed E-state index contributed by atoms with van der Waals surface area (Å²) in [7, 11) is 0. The van der Waals surface area contributed by atoms with Crippen molar-refractivity contribution in [1.29, 1.82) is 0 Å². The summed E-state index contributed by atoms with van der Waals surface area (Å²) in [4.78, 5) is 29.4. The van der Waals surface area contributed by atoms with E-state index in [0.29, 0.717) is 18.6 Å². The molecule has 2 aliphatic heterocycles. The third kappa shape index (κ3) is 3.74. The molecule has 10 nitrogen and oxygen atoms in total. The first-order valence-electron chi connectivity index (χ1n) is 11.7. The lowest BCUT2D eigenvalue weighted by Gasteiger charge is -2.59. The lowest BCUT2D eigenvalue weighted by Crippen LogP contribution is -2.72. The van der Waals surface area contributed by atoms with Gasteiger partial charge in [-0.1, -0.05) is 48.5 Å². The van der Waals surface area contributed by atoms with Crippen LogP contribution in [0, 0.1) is 5.92 Å². The molecule has 3 aliphatic rings. The van der Waals surface area contributed by atoms with Crippen LogP contribution in [-0.4, -0.2) is 51.5 Å². The largest absolute Gasteiger partial charge is 0.393 e. The quantitative estimate of drug-likeness (QED) is 0.515. The number of nitrogens with zero attached hydrogens (tertiary/aromatic N) is 2. The fourth-order valence-electron chi connectivity index (χ4n) is 5.40. The van der Waals surface area contributed by atoms with Gasteiger partial charge in [-0.2, -0.15) is 4.98 Å². The normalized spacial score (nSPS) is 30.3. The van der Waals surface area contributed by atoms with E-state index in [1.54, 1.807) is 24.3 Å². The molecule has 0 bridgehead atoms. The van der Waals surface area contributed by atoms with Gasteiger partial charge < -0.3 is 29.4 Å². The maximum Gasteiger partial charge on any atom is 0.351 e. The van der Waals surface area contributed by atoms with Crippen LogP contribution in [0.4, 0.5) is 5.82 Å². The Bertz CT molecular complexity index is 1320. The molecular weight excluding hydrogens is 466 g/mol. The average Bonchev–Trinajstić information content (AvgIpc) is 3.21. The molecule has 3 heterocycles. The van der Waals surface area contributed by atoms with Crippen LogP contribution < -0.4 is 11.0 Å². The van der Waals surface area contributed by atoms with Gasteiger partial charge in [0.25, 0.3) is 5.91 Å². The van der Waals surface area contributed by atoms with E-state index >= 15 is 0 Å². The van der Waals surface area contributed by atoms with Crippen LogP contribution in [0.3, 0.4) is 0 Å². The highest BCUT2D eigenvalue weighted by Crippen LogP contribution is 2.63. The van der Waals surface area contributed by atoms with Crippen LogP contribution in [0.15, 0.2) is 77.7 Å². The summed E-state index contributed by atoms with van der Waals surface area (Å²) in [6.45, 7) is 0.0134. The molecule has 2 N–H and O–H groups in total. The van der Waals surface area contributed by atoms with E-state index in [1.165, 1.54) is 16.8 Å². The SMILES string of the molecule is O=C(Nc1ccn([C@@H]2O[C@@]3(CO)CC4(OCc5ccccc5)OCO[C@H]2C43)c(=O)n1)c1ccccc1. The highest BCUT2D eigenvalue weighted by atomic mass is 16.8. The standard InChI is InChI=1S/C26H25N3O7/c30-15-25-14-26(34-13-17-7-3-1-4-8-17)21(25)20(33-16-35-26)23(36-25)29-12-11-19(28-24(29)32)27-22(31)18-9-5-2-6-10-18/h1-12,20-21,23,30H,13-16H2,(H,27,28,31,32)/t20-,21?,23+,25+,26?/m0/s1. The molecule has 3 fully saturated rings. The molecule has 6 rings (SSSR count). The molecule has 1 aliphatic carbocycles. The van der Waals surface area contributed by atoms with Crippen LogP contribution >= 0.6 is 0 Å². The van der Waals surface area contributed by atoms with Crippen molar-refractivity contribution in [3.05, 3.63) is 94.5 Å². The zero-order valence-electron chi connectivity index (χ0n) is 19.3. The summed E-state index contributed by atoms with van der Waals surface area (Å²) < 4.78 is 25.6. The van der Waals surface area contributed by atoms with Gasteiger partial charge in [0.2, 0.25) is 0 Å². The van der Waals surface area contributed by atoms with E-state index in [0.717, 1.165) is 5.56 Å². The Hall–Kier alpha value is -3.41. The van der Waals surface area contributed by atoms with Gasteiger partial charge in [0, 0.05) is 18.2 Å². The van der Waals surface area contributed by atoms with Gasteiger partial charge in [-0.25, -0.2) is 4.79 Å². The summed E-state index contributed by atoms with van der Waals surface area (Å²) in [6.07, 6.45) is 0.367. The highest BCUT2D eigenvalue weighted by molar-refractivity contribution is 6.03. The van der Waals surface area contributed by atoms with Gasteiger partial charge in [-0.3, -0.25) is 9.36 Å². The van der Waals surface area contributed by atoms with Gasteiger partial charge in [0.1, 0.15) is 17.5 Å². The zero-order chi connectivity index (χ0) is 24.8. The van der Waals surface area contributed by atoms with Gasteiger partial charge >= 0.3 is 5.69 Å². The van der Waals surface area contributed by atoms with Gasteiger partial charge in [-0.05, 0) is 23.8 Å². The molecule has 2 unspecified atom stereocenters. The predicted molar refractivity (Wildman–Crippen MR) is 126 cm³/mol. The molecule has 1 saturated carbocycles. The molecule has 2 saturated heterocycles. The molecule has 5 atom stereocenters. The molecule has 0 spiro atoms. The highest BCUT2D eigenvalue weighted by Gasteiger charge is 2.77. The van der Waals surface area contributed by atoms with Gasteiger partial charge in [0.15, 0.2) is 18.8 Å². The molecule has 186 valence electrons. The number of aliphatic hydroxyl groups excluding tert-OH is 1. The van der Waals surface area contributed by atoms with E-state index in [2.05, 4.69) is 10.3 Å². The number of nitrogens with one attached hydrogen (secondary N) is 1. The summed E-state index contributed by atoms with van der Waals surface area (Å²) in [5.41, 5.74) is -0.145. The number of hydrogen-bond acceptors (Lipinski definition) is 8. The van der Waals surface area contributed by atoms with Crippen LogP contribution in [-0.2, 0) is 25.6 Å². The van der Waals surface area contributed by atoms with Crippen LogP contribution in [0.25, 0.3) is 0 Å². The van der Waals surface area contributed by atoms with E-state index in [1.807, 2.05) is 36.4 Å². The van der Waals surface area contributed by atoms with Crippen molar-refractivity contribution in [2.24, 2.45) is 5.92 Å². The number of aromatic nitrogens is 2. The number of aliphatic hydroxyl groups is 1. The van der Waals surface area contributed by atoms with E-state index in [9.17, 15) is 14.7 Å². The summed E-state index contributed by atoms with van der Waals surface area (Å²) in [5, 5.41) is 12.9. The van der Waals surface area contributed by atoms with Crippen molar-refractivity contribution >= 4 is 11.7 Å². The third-order valence-corrected chi connectivity index (χ3v) is 7.09. The Balaban J connectivity index is 1.22. The lowest BCUT2D eigenvalue weighted by atomic mass is 9.62. The number of carbonyl (C=O) groups excluding carboxylic acids is 1. The minimum absolute atomic E-state index is 0.0370. The maximum absolute atomic E-state index is 13.0. The lowest BCUT2D eigenvalue weighted by molar-refractivity contribution is -0.420. The van der Waals surface area contributed by atoms with Crippen molar-refractivity contribution in [1.82, 2.24) is 9.55 Å². The van der Waals surface area contributed by atoms with E-state index in [-0.39, 0.29) is 25.1 Å². The third-order valence-electron chi connectivity index (χ3n) is 7.09. The number of anilines is 1. The Morgan fingerprint density at radius 2 is 1.89 bits per heavy atom. The monoisotopic (exact) mass is 491 g/mol. The Kier molecular flexibility index (Phi) is 5.70. The second kappa shape index (κ2) is 8.91. The molecular formula is C26H25N3O7. The fraction of sp³-hybridized carbons (Fsp3) is 0.346. The molecule has 3 aromatic rings. The zero-order valence-corrected chi connectivity index (χ0v) is 19.3. The van der Waals surface area contributed by atoms with Gasteiger partial charge in [-0.15, -0.1) is 0 Å². The number of carbonyl (C=O) groups is 1. The van der Waals surface area contributed by atoms with Gasteiger partial charge in [0.05, 0.1) is 19.1 Å². The molecule has 2 aromatic carbocycles. The maximum atomic E-state index is 13.0. The number of hydrogen-bond donors (Lipinski definition) is 2. The van der Waals surface area contributed by atoms with Crippen molar-refractivity contribution in [3.8, 4) is 0 Å². The van der Waals surface area contributed by atoms with Crippen LogP contribution in [0.2, 0.25) is 0 Å². The van der Waals surface area contributed by atoms with Crippen molar-refractivity contribution < 1.29 is 28.8 Å². The summed E-state index contributed by atoms with van der Waals surface area (Å²) in [6, 6.07) is 19.9. The van der Waals surface area contributed by atoms with Crippen molar-refractivity contribution in [3.63, 3.8) is 0 Å². The summed E-state index contributed by atoms with van der Waals surface area (Å²) in [5.74, 6) is -1.68. The first-order chi connectivity index (χ1) is 17.5. The van der Waals surface area contributed by atoms with Crippen LogP contribution in [0.5, 0.6) is 0 Å². The minimum atomic E-state index is -0.989. The Morgan fingerprint density at radius 3 is 2.61 bits per heavy atom. The number of amides is 1. The molecule has 10 heteroatoms. The topological polar surface area (TPSA) is 121 Å². The van der Waals surface area contributed by atoms with Crippen LogP contribution in [0.1, 0.15) is 28.6 Å². The Labute approximate surface area is 206 Å². The fourth-order valence-corrected chi connectivity index (χ4v) is 5.40. The number of benzene rings is 2. The van der Waals surface area contributed by atoms with Crippen molar-refractivity contribution in [2.75, 3.05) is 18.7 Å². The molecule has 0 radical (unpaired) electrons. The molecule has 1 aromatic heterocycles. The Morgan fingerprint density at radius 1 is 1.14 bits per heavy atom. The predicted octanol–water partition coefficient (Wildman–Crippen LogP) is 2.06. The minimum Gasteiger partial charge on any atom is -0.393 e. The molecule has 1 amide bonds.